The Hall–Kier alpha value is -0.940. The molecule has 0 radical (unpaired) electrons. The first-order valence-electron chi connectivity index (χ1n) is 8.29. The molecule has 2 saturated heterocycles. The van der Waals surface area contributed by atoms with E-state index in [0.717, 1.165) is 49.7 Å². The molecule has 2 fully saturated rings. The number of furan rings is 1. The fourth-order valence-electron chi connectivity index (χ4n) is 3.29. The van der Waals surface area contributed by atoms with E-state index in [0.29, 0.717) is 11.9 Å². The van der Waals surface area contributed by atoms with Gasteiger partial charge < -0.3 is 14.1 Å². The first-order valence-corrected chi connectivity index (χ1v) is 9.44. The lowest BCUT2D eigenvalue weighted by atomic mass is 10.1. The molecule has 2 aliphatic heterocycles. The van der Waals surface area contributed by atoms with E-state index in [1.165, 1.54) is 12.8 Å². The second-order valence-electron chi connectivity index (χ2n) is 6.20. The van der Waals surface area contributed by atoms with Crippen LogP contribution in [0.1, 0.15) is 49.7 Å². The van der Waals surface area contributed by atoms with Crippen molar-refractivity contribution in [3.05, 3.63) is 23.7 Å². The van der Waals surface area contributed by atoms with Crippen molar-refractivity contribution < 1.29 is 13.9 Å². The standard InChI is InChI=1S/C17H25NO3S/c1-13-7-8-16(21-13)15-6-4-9-18(15)17(19)12-22-11-14-5-2-3-10-20-14/h7-8,14-15H,2-6,9-12H2,1H3. The molecule has 5 heteroatoms. The number of rotatable bonds is 5. The number of thioether (sulfide) groups is 1. The van der Waals surface area contributed by atoms with E-state index in [9.17, 15) is 4.79 Å². The van der Waals surface area contributed by atoms with Gasteiger partial charge in [-0.15, -0.1) is 11.8 Å². The highest BCUT2D eigenvalue weighted by Gasteiger charge is 2.31. The van der Waals surface area contributed by atoms with E-state index in [-0.39, 0.29) is 11.9 Å². The fraction of sp³-hybridized carbons (Fsp3) is 0.706. The second-order valence-corrected chi connectivity index (χ2v) is 7.23. The number of carbonyl (C=O) groups is 1. The van der Waals surface area contributed by atoms with Crippen molar-refractivity contribution in [2.24, 2.45) is 0 Å². The third-order valence-corrected chi connectivity index (χ3v) is 5.52. The lowest BCUT2D eigenvalue weighted by Crippen LogP contribution is -2.32. The number of amides is 1. The van der Waals surface area contributed by atoms with Crippen LogP contribution in [0.3, 0.4) is 0 Å². The van der Waals surface area contributed by atoms with Crippen LogP contribution < -0.4 is 0 Å². The van der Waals surface area contributed by atoms with Crippen LogP contribution >= 0.6 is 11.8 Å². The molecule has 4 nitrogen and oxygen atoms in total. The van der Waals surface area contributed by atoms with Crippen LogP contribution in [0.2, 0.25) is 0 Å². The van der Waals surface area contributed by atoms with Crippen LogP contribution in [-0.4, -0.2) is 41.6 Å². The maximum atomic E-state index is 12.5. The van der Waals surface area contributed by atoms with Crippen molar-refractivity contribution in [1.29, 1.82) is 0 Å². The largest absolute Gasteiger partial charge is 0.464 e. The molecule has 3 heterocycles. The lowest BCUT2D eigenvalue weighted by molar-refractivity contribution is -0.129. The molecule has 1 aromatic rings. The van der Waals surface area contributed by atoms with Crippen molar-refractivity contribution in [3.8, 4) is 0 Å². The molecule has 122 valence electrons. The highest BCUT2D eigenvalue weighted by molar-refractivity contribution is 7.99. The quantitative estimate of drug-likeness (QED) is 0.831. The van der Waals surface area contributed by atoms with Gasteiger partial charge >= 0.3 is 0 Å². The third kappa shape index (κ3) is 3.87. The summed E-state index contributed by atoms with van der Waals surface area (Å²) in [5.74, 6) is 3.57. The van der Waals surface area contributed by atoms with Gasteiger partial charge in [0.1, 0.15) is 11.5 Å². The Bertz CT molecular complexity index is 496. The molecule has 2 atom stereocenters. The number of aryl methyl sites for hydroxylation is 1. The predicted octanol–water partition coefficient (Wildman–Crippen LogP) is 3.55. The average Bonchev–Trinajstić information content (AvgIpc) is 3.16. The van der Waals surface area contributed by atoms with Crippen LogP contribution in [-0.2, 0) is 9.53 Å². The highest BCUT2D eigenvalue weighted by atomic mass is 32.2. The summed E-state index contributed by atoms with van der Waals surface area (Å²) >= 11 is 1.71. The summed E-state index contributed by atoms with van der Waals surface area (Å²) in [7, 11) is 0. The maximum absolute atomic E-state index is 12.5. The van der Waals surface area contributed by atoms with E-state index in [2.05, 4.69) is 0 Å². The first-order chi connectivity index (χ1) is 10.7. The highest BCUT2D eigenvalue weighted by Crippen LogP contribution is 2.33. The maximum Gasteiger partial charge on any atom is 0.233 e. The van der Waals surface area contributed by atoms with Gasteiger partial charge in [-0.3, -0.25) is 4.79 Å². The minimum Gasteiger partial charge on any atom is -0.464 e. The third-order valence-electron chi connectivity index (χ3n) is 4.47. The summed E-state index contributed by atoms with van der Waals surface area (Å²) < 4.78 is 11.4. The summed E-state index contributed by atoms with van der Waals surface area (Å²) in [6.07, 6.45) is 5.98. The molecule has 2 unspecified atom stereocenters. The molecule has 1 aromatic heterocycles. The van der Waals surface area contributed by atoms with Crippen molar-refractivity contribution >= 4 is 17.7 Å². The van der Waals surface area contributed by atoms with E-state index in [4.69, 9.17) is 9.15 Å². The molecule has 0 bridgehead atoms. The van der Waals surface area contributed by atoms with Gasteiger partial charge in [-0.05, 0) is 51.2 Å². The fourth-order valence-corrected chi connectivity index (χ4v) is 4.28. The number of hydrogen-bond acceptors (Lipinski definition) is 4. The number of carbonyl (C=O) groups excluding carboxylic acids is 1. The molecule has 2 aliphatic rings. The van der Waals surface area contributed by atoms with Crippen LogP contribution in [0.25, 0.3) is 0 Å². The SMILES string of the molecule is Cc1ccc(C2CCCN2C(=O)CSCC2CCCCO2)o1. The molecule has 0 aliphatic carbocycles. The molecule has 0 saturated carbocycles. The second kappa shape index (κ2) is 7.55. The minimum atomic E-state index is 0.132. The molecule has 0 spiro atoms. The molecule has 0 aromatic carbocycles. The normalized spacial score (nSPS) is 25.6. The van der Waals surface area contributed by atoms with Gasteiger partial charge in [-0.25, -0.2) is 0 Å². The van der Waals surface area contributed by atoms with E-state index >= 15 is 0 Å². The summed E-state index contributed by atoms with van der Waals surface area (Å²) in [4.78, 5) is 14.5. The number of hydrogen-bond donors (Lipinski definition) is 0. The summed E-state index contributed by atoms with van der Waals surface area (Å²) in [6.45, 7) is 3.68. The van der Waals surface area contributed by atoms with Crippen LogP contribution in [0.15, 0.2) is 16.5 Å². The molecular weight excluding hydrogens is 298 g/mol. The van der Waals surface area contributed by atoms with Gasteiger partial charge in [0.2, 0.25) is 5.91 Å². The number of likely N-dealkylation sites (tertiary alicyclic amines) is 1. The molecular formula is C17H25NO3S. The Morgan fingerprint density at radius 2 is 2.23 bits per heavy atom. The van der Waals surface area contributed by atoms with Gasteiger partial charge in [0.25, 0.3) is 0 Å². The monoisotopic (exact) mass is 323 g/mol. The van der Waals surface area contributed by atoms with Gasteiger partial charge in [0.05, 0.1) is 17.9 Å². The lowest BCUT2D eigenvalue weighted by Gasteiger charge is -2.24. The Morgan fingerprint density at radius 1 is 1.32 bits per heavy atom. The van der Waals surface area contributed by atoms with E-state index in [1.807, 2.05) is 24.0 Å². The average molecular weight is 323 g/mol. The van der Waals surface area contributed by atoms with E-state index in [1.54, 1.807) is 11.8 Å². The Morgan fingerprint density at radius 3 is 2.95 bits per heavy atom. The van der Waals surface area contributed by atoms with Crippen molar-refractivity contribution in [2.75, 3.05) is 24.7 Å². The Kier molecular flexibility index (Phi) is 5.47. The number of ether oxygens (including phenoxy) is 1. The van der Waals surface area contributed by atoms with Gasteiger partial charge in [0, 0.05) is 18.9 Å². The van der Waals surface area contributed by atoms with Crippen molar-refractivity contribution in [3.63, 3.8) is 0 Å². The summed E-state index contributed by atoms with van der Waals surface area (Å²) in [5, 5.41) is 0. The Balaban J connectivity index is 1.48. The minimum absolute atomic E-state index is 0.132. The van der Waals surface area contributed by atoms with Crippen molar-refractivity contribution in [1.82, 2.24) is 4.90 Å². The summed E-state index contributed by atoms with van der Waals surface area (Å²) in [6, 6.07) is 4.12. The van der Waals surface area contributed by atoms with Crippen LogP contribution in [0, 0.1) is 6.92 Å². The number of nitrogens with zero attached hydrogens (tertiary/aromatic N) is 1. The van der Waals surface area contributed by atoms with Gasteiger partial charge in [-0.2, -0.15) is 0 Å². The van der Waals surface area contributed by atoms with Crippen LogP contribution in [0.4, 0.5) is 0 Å². The van der Waals surface area contributed by atoms with E-state index < -0.39 is 0 Å². The molecule has 22 heavy (non-hydrogen) atoms. The van der Waals surface area contributed by atoms with Crippen LogP contribution in [0.5, 0.6) is 0 Å². The Labute approximate surface area is 136 Å². The first kappa shape index (κ1) is 15.9. The molecule has 0 N–H and O–H groups in total. The smallest absolute Gasteiger partial charge is 0.233 e. The topological polar surface area (TPSA) is 42.7 Å². The summed E-state index contributed by atoms with van der Waals surface area (Å²) in [5.41, 5.74) is 0. The van der Waals surface area contributed by atoms with Gasteiger partial charge in [0.15, 0.2) is 0 Å². The zero-order valence-electron chi connectivity index (χ0n) is 13.3. The van der Waals surface area contributed by atoms with Gasteiger partial charge in [-0.1, -0.05) is 0 Å². The zero-order valence-corrected chi connectivity index (χ0v) is 14.1. The molecule has 1 amide bonds. The predicted molar refractivity (Wildman–Crippen MR) is 88.0 cm³/mol. The molecule has 3 rings (SSSR count). The van der Waals surface area contributed by atoms with Crippen molar-refractivity contribution in [2.45, 2.75) is 51.2 Å². The zero-order chi connectivity index (χ0) is 15.4.